The highest BCUT2D eigenvalue weighted by Gasteiger charge is 1.99. The van der Waals surface area contributed by atoms with E-state index in [1.165, 1.54) is 0 Å². The van der Waals surface area contributed by atoms with E-state index >= 15 is 0 Å². The second-order valence-electron chi connectivity index (χ2n) is 2.86. The molecule has 0 aliphatic rings. The van der Waals surface area contributed by atoms with E-state index in [-0.39, 0.29) is 0 Å². The normalized spacial score (nSPS) is 10.1. The maximum absolute atomic E-state index is 10.3. The number of hydrogen-bond acceptors (Lipinski definition) is 4. The molecule has 0 spiro atoms. The van der Waals surface area contributed by atoms with Crippen LogP contribution in [0.4, 0.5) is 0 Å². The predicted octanol–water partition coefficient (Wildman–Crippen LogP) is 0.783. The molecule has 0 aliphatic heterocycles. The van der Waals surface area contributed by atoms with Crippen molar-refractivity contribution < 1.29 is 4.79 Å². The van der Waals surface area contributed by atoms with E-state index in [4.69, 9.17) is 0 Å². The summed E-state index contributed by atoms with van der Waals surface area (Å²) in [6.07, 6.45) is 4.15. The molecule has 0 fully saturated rings. The van der Waals surface area contributed by atoms with Crippen molar-refractivity contribution in [1.82, 2.24) is 19.7 Å². The number of aldehydes is 1. The topological polar surface area (TPSA) is 60.7 Å². The average molecular weight is 188 g/mol. The minimum atomic E-state index is 0.325. The van der Waals surface area contributed by atoms with Gasteiger partial charge >= 0.3 is 0 Å². The summed E-state index contributed by atoms with van der Waals surface area (Å²) in [4.78, 5) is 14.4. The molecule has 0 atom stereocenters. The van der Waals surface area contributed by atoms with Gasteiger partial charge < -0.3 is 0 Å². The smallest absolute Gasteiger partial charge is 0.170 e. The van der Waals surface area contributed by atoms with Crippen LogP contribution >= 0.6 is 0 Å². The van der Waals surface area contributed by atoms with Crippen molar-refractivity contribution in [2.24, 2.45) is 0 Å². The molecule has 0 N–H and O–H groups in total. The first-order valence-corrected chi connectivity index (χ1v) is 4.09. The molecule has 0 radical (unpaired) electrons. The number of imidazole rings is 1. The Balaban J connectivity index is 2.38. The Bertz CT molecular complexity index is 446. The molecule has 0 unspecified atom stereocenters. The molecule has 2 rings (SSSR count). The van der Waals surface area contributed by atoms with Crippen LogP contribution < -0.4 is 0 Å². The van der Waals surface area contributed by atoms with Gasteiger partial charge in [-0.15, -0.1) is 10.2 Å². The summed E-state index contributed by atoms with van der Waals surface area (Å²) in [5.74, 6) is 0.649. The molecular weight excluding hydrogens is 180 g/mol. The largest absolute Gasteiger partial charge is 0.296 e. The van der Waals surface area contributed by atoms with Crippen LogP contribution in [0, 0.1) is 6.92 Å². The molecule has 0 aromatic carbocycles. The van der Waals surface area contributed by atoms with Crippen molar-refractivity contribution in [3.63, 3.8) is 0 Å². The third-order valence-corrected chi connectivity index (χ3v) is 1.77. The van der Waals surface area contributed by atoms with E-state index in [0.717, 1.165) is 5.69 Å². The summed E-state index contributed by atoms with van der Waals surface area (Å²) >= 11 is 0. The van der Waals surface area contributed by atoms with E-state index in [9.17, 15) is 4.79 Å². The summed E-state index contributed by atoms with van der Waals surface area (Å²) < 4.78 is 1.75. The molecule has 5 nitrogen and oxygen atoms in total. The van der Waals surface area contributed by atoms with Crippen molar-refractivity contribution in [1.29, 1.82) is 0 Å². The molecule has 14 heavy (non-hydrogen) atoms. The molecule has 2 aromatic heterocycles. The SMILES string of the molecule is Cc1cn(-c2ccc(C=O)nn2)cn1. The first kappa shape index (κ1) is 8.55. The molecule has 0 saturated carbocycles. The lowest BCUT2D eigenvalue weighted by atomic mass is 10.4. The third-order valence-electron chi connectivity index (χ3n) is 1.77. The molecular formula is C9H8N4O. The van der Waals surface area contributed by atoms with Gasteiger partial charge in [0, 0.05) is 6.20 Å². The van der Waals surface area contributed by atoms with E-state index in [1.54, 1.807) is 23.0 Å². The number of aromatic nitrogens is 4. The molecule has 2 heterocycles. The van der Waals surface area contributed by atoms with Crippen LogP contribution in [-0.2, 0) is 0 Å². The number of rotatable bonds is 2. The van der Waals surface area contributed by atoms with Crippen LogP contribution in [0.15, 0.2) is 24.7 Å². The maximum atomic E-state index is 10.3. The van der Waals surface area contributed by atoms with Crippen molar-refractivity contribution in [2.75, 3.05) is 0 Å². The van der Waals surface area contributed by atoms with Gasteiger partial charge in [-0.3, -0.25) is 9.36 Å². The fourth-order valence-electron chi connectivity index (χ4n) is 1.08. The van der Waals surface area contributed by atoms with Crippen LogP contribution in [0.3, 0.4) is 0 Å². The Labute approximate surface area is 80.4 Å². The van der Waals surface area contributed by atoms with Gasteiger partial charge in [0.15, 0.2) is 12.1 Å². The molecule has 0 saturated heterocycles. The zero-order valence-corrected chi connectivity index (χ0v) is 7.58. The zero-order valence-electron chi connectivity index (χ0n) is 7.58. The lowest BCUT2D eigenvalue weighted by Crippen LogP contribution is -1.98. The molecule has 0 bridgehead atoms. The first-order valence-electron chi connectivity index (χ1n) is 4.09. The fourth-order valence-corrected chi connectivity index (χ4v) is 1.08. The molecule has 0 aliphatic carbocycles. The van der Waals surface area contributed by atoms with E-state index in [1.807, 2.05) is 13.1 Å². The summed E-state index contributed by atoms with van der Waals surface area (Å²) in [5, 5.41) is 7.59. The molecule has 70 valence electrons. The highest BCUT2D eigenvalue weighted by molar-refractivity contribution is 5.71. The number of carbonyl (C=O) groups is 1. The Morgan fingerprint density at radius 2 is 2.21 bits per heavy atom. The molecule has 2 aromatic rings. The highest BCUT2D eigenvalue weighted by atomic mass is 16.1. The van der Waals surface area contributed by atoms with Gasteiger partial charge in [-0.05, 0) is 19.1 Å². The Kier molecular flexibility index (Phi) is 2.06. The van der Waals surface area contributed by atoms with Crippen molar-refractivity contribution in [2.45, 2.75) is 6.92 Å². The van der Waals surface area contributed by atoms with Crippen molar-refractivity contribution in [3.8, 4) is 5.82 Å². The second kappa shape index (κ2) is 3.37. The Morgan fingerprint density at radius 1 is 1.36 bits per heavy atom. The third kappa shape index (κ3) is 1.52. The van der Waals surface area contributed by atoms with Crippen LogP contribution in [0.2, 0.25) is 0 Å². The highest BCUT2D eigenvalue weighted by Crippen LogP contribution is 2.03. The van der Waals surface area contributed by atoms with Gasteiger partial charge in [0.05, 0.1) is 5.69 Å². The Hall–Kier alpha value is -2.04. The van der Waals surface area contributed by atoms with Gasteiger partial charge in [0.2, 0.25) is 0 Å². The van der Waals surface area contributed by atoms with Crippen LogP contribution in [0.5, 0.6) is 0 Å². The van der Waals surface area contributed by atoms with Crippen LogP contribution in [-0.4, -0.2) is 26.0 Å². The standard InChI is InChI=1S/C9H8N4O/c1-7-4-13(6-10-7)9-3-2-8(5-14)11-12-9/h2-6H,1H3. The zero-order chi connectivity index (χ0) is 9.97. The lowest BCUT2D eigenvalue weighted by molar-refractivity contribution is 0.111. The minimum Gasteiger partial charge on any atom is -0.296 e. The predicted molar refractivity (Wildman–Crippen MR) is 49.3 cm³/mol. The summed E-state index contributed by atoms with van der Waals surface area (Å²) in [6.45, 7) is 1.89. The molecule has 5 heteroatoms. The maximum Gasteiger partial charge on any atom is 0.170 e. The minimum absolute atomic E-state index is 0.325. The average Bonchev–Trinajstić information content (AvgIpc) is 2.65. The van der Waals surface area contributed by atoms with E-state index in [0.29, 0.717) is 17.8 Å². The molecule has 0 amide bonds. The summed E-state index contributed by atoms with van der Waals surface area (Å²) in [5.41, 5.74) is 1.23. The number of nitrogens with zero attached hydrogens (tertiary/aromatic N) is 4. The Morgan fingerprint density at radius 3 is 2.71 bits per heavy atom. The van der Waals surface area contributed by atoms with E-state index < -0.39 is 0 Å². The van der Waals surface area contributed by atoms with Gasteiger partial charge in [-0.2, -0.15) is 0 Å². The summed E-state index contributed by atoms with van der Waals surface area (Å²) in [6, 6.07) is 3.34. The summed E-state index contributed by atoms with van der Waals surface area (Å²) in [7, 11) is 0. The van der Waals surface area contributed by atoms with Gasteiger partial charge in [-0.1, -0.05) is 0 Å². The number of carbonyl (C=O) groups excluding carboxylic acids is 1. The number of hydrogen-bond donors (Lipinski definition) is 0. The van der Waals surface area contributed by atoms with Crippen molar-refractivity contribution in [3.05, 3.63) is 36.0 Å². The van der Waals surface area contributed by atoms with Crippen LogP contribution in [0.25, 0.3) is 5.82 Å². The lowest BCUT2D eigenvalue weighted by Gasteiger charge is -1.97. The quantitative estimate of drug-likeness (QED) is 0.653. The second-order valence-corrected chi connectivity index (χ2v) is 2.86. The fraction of sp³-hybridized carbons (Fsp3) is 0.111. The number of aryl methyl sites for hydroxylation is 1. The van der Waals surface area contributed by atoms with E-state index in [2.05, 4.69) is 15.2 Å². The van der Waals surface area contributed by atoms with Gasteiger partial charge in [-0.25, -0.2) is 4.98 Å². The monoisotopic (exact) mass is 188 g/mol. The van der Waals surface area contributed by atoms with Crippen molar-refractivity contribution >= 4 is 6.29 Å². The van der Waals surface area contributed by atoms with Gasteiger partial charge in [0.1, 0.15) is 12.0 Å². The van der Waals surface area contributed by atoms with Gasteiger partial charge in [0.25, 0.3) is 0 Å². The van der Waals surface area contributed by atoms with Crippen LogP contribution in [0.1, 0.15) is 16.2 Å². The first-order chi connectivity index (χ1) is 6.79.